The van der Waals surface area contributed by atoms with Crippen LogP contribution in [0.4, 0.5) is 10.1 Å². The Kier molecular flexibility index (Phi) is 5.45. The van der Waals surface area contributed by atoms with Crippen molar-refractivity contribution in [1.82, 2.24) is 13.9 Å². The maximum atomic E-state index is 14.2. The minimum Gasteiger partial charge on any atom is -0.508 e. The quantitative estimate of drug-likeness (QED) is 0.393. The number of halogens is 2. The summed E-state index contributed by atoms with van der Waals surface area (Å²) in [6.07, 6.45) is 1.85. The standard InChI is InChI=1S/C27H24ClFN4O6/c1-27-17(23(35)32(24(27)36)13-4-7-19(29)18(28)10-13)12-20-15(8-9-31-25(37)30(2)26(38)33(20)31)22(27)16-6-5-14(39-3)11-21(16)34/h4-8,10-11,17,20,22,34H,9,12H2,1-3H3/t17-,20+,22+,27+/m0/s1. The number of amides is 2. The van der Waals surface area contributed by atoms with Crippen LogP contribution in [0.2, 0.25) is 5.02 Å². The van der Waals surface area contributed by atoms with Gasteiger partial charge in [-0.05, 0) is 43.2 Å². The van der Waals surface area contributed by atoms with Crippen molar-refractivity contribution >= 4 is 29.1 Å². The van der Waals surface area contributed by atoms with Crippen molar-refractivity contribution in [1.29, 1.82) is 0 Å². The molecule has 3 aliphatic rings. The number of phenolic OH excluding ortho intramolecular Hbond substituents is 1. The summed E-state index contributed by atoms with van der Waals surface area (Å²) in [6.45, 7) is 1.75. The van der Waals surface area contributed by atoms with Crippen molar-refractivity contribution in [2.75, 3.05) is 12.0 Å². The number of ether oxygens (including phenoxy) is 1. The lowest BCUT2D eigenvalue weighted by molar-refractivity contribution is -0.129. The predicted octanol–water partition coefficient (Wildman–Crippen LogP) is 2.72. The molecule has 6 rings (SSSR count). The van der Waals surface area contributed by atoms with E-state index in [9.17, 15) is 28.7 Å². The number of carbonyl (C=O) groups is 2. The average Bonchev–Trinajstić information content (AvgIpc) is 3.25. The molecule has 0 spiro atoms. The lowest BCUT2D eigenvalue weighted by atomic mass is 9.56. The van der Waals surface area contributed by atoms with Crippen LogP contribution in [0.3, 0.4) is 0 Å². The number of aromatic nitrogens is 3. The highest BCUT2D eigenvalue weighted by molar-refractivity contribution is 6.31. The molecule has 2 aromatic carbocycles. The number of fused-ring (bicyclic) bond motifs is 4. The molecule has 1 N–H and O–H groups in total. The molecule has 1 aromatic heterocycles. The van der Waals surface area contributed by atoms with Crippen LogP contribution in [0.15, 0.2) is 57.6 Å². The molecule has 12 heteroatoms. The molecule has 0 radical (unpaired) electrons. The number of methoxy groups -OCH3 is 1. The van der Waals surface area contributed by atoms with Gasteiger partial charge in [0.15, 0.2) is 0 Å². The molecule has 2 fully saturated rings. The minimum atomic E-state index is -1.38. The summed E-state index contributed by atoms with van der Waals surface area (Å²) in [5.41, 5.74) is -1.29. The highest BCUT2D eigenvalue weighted by atomic mass is 35.5. The van der Waals surface area contributed by atoms with Crippen LogP contribution in [-0.4, -0.2) is 38.0 Å². The van der Waals surface area contributed by atoms with E-state index in [-0.39, 0.29) is 29.4 Å². The van der Waals surface area contributed by atoms with Crippen LogP contribution in [0, 0.1) is 17.2 Å². The molecule has 1 aliphatic carbocycles. The largest absolute Gasteiger partial charge is 0.508 e. The molecule has 2 aliphatic heterocycles. The second-order valence-corrected chi connectivity index (χ2v) is 10.7. The Labute approximate surface area is 226 Å². The minimum absolute atomic E-state index is 0.0646. The highest BCUT2D eigenvalue weighted by Gasteiger charge is 2.65. The number of hydrogen-bond donors (Lipinski definition) is 1. The summed E-state index contributed by atoms with van der Waals surface area (Å²) in [5, 5.41) is 10.9. The smallest absolute Gasteiger partial charge is 0.347 e. The van der Waals surface area contributed by atoms with E-state index in [2.05, 4.69) is 0 Å². The van der Waals surface area contributed by atoms with Crippen LogP contribution in [0.25, 0.3) is 0 Å². The zero-order chi connectivity index (χ0) is 28.0. The normalized spacial score (nSPS) is 25.7. The zero-order valence-corrected chi connectivity index (χ0v) is 22.0. The van der Waals surface area contributed by atoms with E-state index in [1.54, 1.807) is 25.1 Å². The summed E-state index contributed by atoms with van der Waals surface area (Å²) in [6, 6.07) is 7.59. The molecule has 3 aromatic rings. The monoisotopic (exact) mass is 554 g/mol. The number of imide groups is 1. The molecule has 10 nitrogen and oxygen atoms in total. The summed E-state index contributed by atoms with van der Waals surface area (Å²) in [7, 11) is 2.84. The molecular formula is C27H24ClFN4O6. The van der Waals surface area contributed by atoms with Crippen LogP contribution in [0.5, 0.6) is 11.5 Å². The molecule has 1 saturated carbocycles. The van der Waals surface area contributed by atoms with Crippen LogP contribution in [-0.2, 0) is 23.2 Å². The number of rotatable bonds is 3. The Morgan fingerprint density at radius 3 is 2.51 bits per heavy atom. The van der Waals surface area contributed by atoms with E-state index in [0.717, 1.165) is 15.5 Å². The molecule has 0 bridgehead atoms. The average molecular weight is 555 g/mol. The number of phenols is 1. The number of anilines is 1. The molecule has 39 heavy (non-hydrogen) atoms. The van der Waals surface area contributed by atoms with E-state index in [4.69, 9.17) is 16.3 Å². The lowest BCUT2D eigenvalue weighted by Gasteiger charge is -2.47. The second kappa shape index (κ2) is 8.44. The number of carbonyl (C=O) groups excluding carboxylic acids is 2. The first-order valence-corrected chi connectivity index (χ1v) is 12.7. The summed E-state index contributed by atoms with van der Waals surface area (Å²) in [4.78, 5) is 55.1. The topological polar surface area (TPSA) is 116 Å². The van der Waals surface area contributed by atoms with Crippen LogP contribution >= 0.6 is 11.6 Å². The van der Waals surface area contributed by atoms with Crippen molar-refractivity contribution in [3.8, 4) is 11.5 Å². The van der Waals surface area contributed by atoms with Crippen molar-refractivity contribution in [3.05, 3.63) is 85.4 Å². The first-order chi connectivity index (χ1) is 18.5. The number of nitrogens with zero attached hydrogens (tertiary/aromatic N) is 4. The van der Waals surface area contributed by atoms with Gasteiger partial charge in [-0.1, -0.05) is 23.7 Å². The van der Waals surface area contributed by atoms with Gasteiger partial charge in [-0.3, -0.25) is 9.59 Å². The highest BCUT2D eigenvalue weighted by Crippen LogP contribution is 2.62. The SMILES string of the molecule is COc1ccc([C@H]2C3=CCn4c(=O)n(C)c(=O)n4[C@@H]3C[C@H]3C(=O)N(c4ccc(F)c(Cl)c4)C(=O)[C@@]23C)c(O)c1. The van der Waals surface area contributed by atoms with Crippen molar-refractivity contribution in [2.24, 2.45) is 18.4 Å². The molecule has 3 heterocycles. The van der Waals surface area contributed by atoms with Gasteiger partial charge in [0.25, 0.3) is 0 Å². The third-order valence-electron chi connectivity index (χ3n) is 8.44. The molecule has 202 valence electrons. The number of benzene rings is 2. The van der Waals surface area contributed by atoms with Crippen molar-refractivity contribution in [3.63, 3.8) is 0 Å². The summed E-state index contributed by atoms with van der Waals surface area (Å²) >= 11 is 5.99. The van der Waals surface area contributed by atoms with E-state index in [1.807, 2.05) is 0 Å². The Morgan fingerprint density at radius 2 is 1.85 bits per heavy atom. The van der Waals surface area contributed by atoms with E-state index >= 15 is 0 Å². The van der Waals surface area contributed by atoms with Gasteiger partial charge in [-0.25, -0.2) is 32.8 Å². The van der Waals surface area contributed by atoms with E-state index in [0.29, 0.717) is 16.9 Å². The van der Waals surface area contributed by atoms with Gasteiger partial charge in [-0.2, -0.15) is 0 Å². The van der Waals surface area contributed by atoms with Gasteiger partial charge in [0, 0.05) is 24.6 Å². The fourth-order valence-electron chi connectivity index (χ4n) is 6.49. The Bertz CT molecular complexity index is 1740. The number of hydrogen-bond acceptors (Lipinski definition) is 6. The first kappa shape index (κ1) is 25.2. The summed E-state index contributed by atoms with van der Waals surface area (Å²) < 4.78 is 22.8. The third kappa shape index (κ3) is 3.25. The fourth-order valence-corrected chi connectivity index (χ4v) is 6.67. The molecule has 0 unspecified atom stereocenters. The molecule has 2 amide bonds. The third-order valence-corrected chi connectivity index (χ3v) is 8.73. The van der Waals surface area contributed by atoms with Gasteiger partial charge in [0.2, 0.25) is 11.8 Å². The Morgan fingerprint density at radius 1 is 1.10 bits per heavy atom. The lowest BCUT2D eigenvalue weighted by Crippen LogP contribution is -2.49. The molecule has 1 saturated heterocycles. The molecular weight excluding hydrogens is 531 g/mol. The Hall–Kier alpha value is -4.12. The van der Waals surface area contributed by atoms with Gasteiger partial charge >= 0.3 is 11.4 Å². The van der Waals surface area contributed by atoms with E-state index < -0.39 is 52.3 Å². The van der Waals surface area contributed by atoms with Gasteiger partial charge in [0.05, 0.1) is 41.7 Å². The fraction of sp³-hybridized carbons (Fsp3) is 0.333. The second-order valence-electron chi connectivity index (χ2n) is 10.3. The number of aromatic hydroxyl groups is 1. The maximum Gasteiger partial charge on any atom is 0.347 e. The maximum absolute atomic E-state index is 14.2. The van der Waals surface area contributed by atoms with Crippen molar-refractivity contribution < 1.29 is 23.8 Å². The predicted molar refractivity (Wildman–Crippen MR) is 139 cm³/mol. The van der Waals surface area contributed by atoms with Gasteiger partial charge in [-0.15, -0.1) is 0 Å². The van der Waals surface area contributed by atoms with Gasteiger partial charge in [0.1, 0.15) is 17.3 Å². The number of allylic oxidation sites excluding steroid dienone is 2. The van der Waals surface area contributed by atoms with E-state index in [1.165, 1.54) is 41.7 Å². The summed E-state index contributed by atoms with van der Waals surface area (Å²) in [5.74, 6) is -3.28. The van der Waals surface area contributed by atoms with Crippen LogP contribution in [0.1, 0.15) is 30.9 Å². The van der Waals surface area contributed by atoms with Gasteiger partial charge < -0.3 is 9.84 Å². The Balaban J connectivity index is 1.59. The zero-order valence-electron chi connectivity index (χ0n) is 21.2. The van der Waals surface area contributed by atoms with Crippen molar-refractivity contribution in [2.45, 2.75) is 31.8 Å². The first-order valence-electron chi connectivity index (χ1n) is 12.3. The van der Waals surface area contributed by atoms with Crippen LogP contribution < -0.4 is 21.0 Å². The molecule has 4 atom stereocenters.